The minimum absolute atomic E-state index is 0.203. The van der Waals surface area contributed by atoms with E-state index in [-0.39, 0.29) is 10.8 Å². The van der Waals surface area contributed by atoms with Crippen molar-refractivity contribution in [3.8, 4) is 0 Å². The second kappa shape index (κ2) is 3.92. The smallest absolute Gasteiger partial charge is 0.246 e. The normalized spacial score (nSPS) is 17.8. The summed E-state index contributed by atoms with van der Waals surface area (Å²) in [6.07, 6.45) is 4.47. The lowest BCUT2D eigenvalue weighted by atomic mass is 9.97. The lowest BCUT2D eigenvalue weighted by Crippen LogP contribution is -2.48. The first-order valence-corrected chi connectivity index (χ1v) is 7.02. The fourth-order valence-corrected chi connectivity index (χ4v) is 3.55. The Labute approximate surface area is 104 Å². The Morgan fingerprint density at radius 2 is 2.11 bits per heavy atom. The second-order valence-corrected chi connectivity index (χ2v) is 6.36. The van der Waals surface area contributed by atoms with Gasteiger partial charge < -0.3 is 0 Å². The molecule has 0 spiro atoms. The monoisotopic (exact) mass is 267 g/mol. The van der Waals surface area contributed by atoms with E-state index < -0.39 is 10.0 Å². The Morgan fingerprint density at radius 3 is 2.67 bits per heavy atom. The van der Waals surface area contributed by atoms with Crippen molar-refractivity contribution in [3.05, 3.63) is 29.8 Å². The summed E-state index contributed by atoms with van der Waals surface area (Å²) in [4.78, 5) is 0.210. The van der Waals surface area contributed by atoms with Gasteiger partial charge in [-0.2, -0.15) is 14.5 Å². The first-order valence-electron chi connectivity index (χ1n) is 5.58. The third-order valence-corrected chi connectivity index (χ3v) is 5.03. The second-order valence-electron chi connectivity index (χ2n) is 4.42. The molecule has 0 amide bonds. The molecule has 2 N–H and O–H groups in total. The quantitative estimate of drug-likeness (QED) is 0.832. The van der Waals surface area contributed by atoms with E-state index in [0.29, 0.717) is 13.1 Å². The molecule has 1 saturated heterocycles. The van der Waals surface area contributed by atoms with Crippen molar-refractivity contribution >= 4 is 10.0 Å². The number of rotatable bonds is 3. The number of aromatic amines is 2. The van der Waals surface area contributed by atoms with E-state index in [2.05, 4.69) is 20.4 Å². The summed E-state index contributed by atoms with van der Waals surface area (Å²) in [6.45, 7) is 2.93. The van der Waals surface area contributed by atoms with Crippen LogP contribution >= 0.6 is 0 Å². The molecule has 3 heterocycles. The zero-order valence-corrected chi connectivity index (χ0v) is 10.6. The fourth-order valence-electron chi connectivity index (χ4n) is 2.12. The largest absolute Gasteiger partial charge is 0.284 e. The zero-order valence-electron chi connectivity index (χ0n) is 9.79. The Bertz CT molecular complexity index is 640. The average Bonchev–Trinajstić information content (AvgIpc) is 2.87. The Balaban J connectivity index is 1.75. The molecule has 1 aliphatic heterocycles. The molecule has 0 radical (unpaired) electrons. The van der Waals surface area contributed by atoms with Gasteiger partial charge >= 0.3 is 0 Å². The van der Waals surface area contributed by atoms with Crippen LogP contribution in [0.1, 0.15) is 17.2 Å². The number of aryl methyl sites for hydroxylation is 1. The van der Waals surface area contributed by atoms with E-state index in [1.165, 1.54) is 16.7 Å². The summed E-state index contributed by atoms with van der Waals surface area (Å²) in [7, 11) is -3.39. The molecule has 0 aliphatic carbocycles. The maximum Gasteiger partial charge on any atom is 0.246 e. The van der Waals surface area contributed by atoms with Crippen molar-refractivity contribution in [3.63, 3.8) is 0 Å². The Hall–Kier alpha value is -1.67. The van der Waals surface area contributed by atoms with Gasteiger partial charge in [-0.1, -0.05) is 0 Å². The van der Waals surface area contributed by atoms with Crippen LogP contribution in [0.3, 0.4) is 0 Å². The molecule has 18 heavy (non-hydrogen) atoms. The van der Waals surface area contributed by atoms with Gasteiger partial charge in [-0.05, 0) is 12.5 Å². The highest BCUT2D eigenvalue weighted by atomic mass is 32.2. The lowest BCUT2D eigenvalue weighted by molar-refractivity contribution is 0.259. The van der Waals surface area contributed by atoms with E-state index in [9.17, 15) is 8.42 Å². The number of hydrogen-bond donors (Lipinski definition) is 2. The summed E-state index contributed by atoms with van der Waals surface area (Å²) >= 11 is 0. The molecule has 7 nitrogen and oxygen atoms in total. The molecule has 1 fully saturated rings. The maximum atomic E-state index is 12.1. The molecule has 96 valence electrons. The molecule has 0 bridgehead atoms. The van der Waals surface area contributed by atoms with Crippen molar-refractivity contribution in [2.75, 3.05) is 13.1 Å². The van der Waals surface area contributed by atoms with Crippen LogP contribution < -0.4 is 0 Å². The number of hydrogen-bond acceptors (Lipinski definition) is 4. The lowest BCUT2D eigenvalue weighted by Gasteiger charge is -2.37. The molecule has 0 unspecified atom stereocenters. The molecule has 0 saturated carbocycles. The Morgan fingerprint density at radius 1 is 1.33 bits per heavy atom. The minimum atomic E-state index is -3.39. The van der Waals surface area contributed by atoms with E-state index in [1.54, 1.807) is 6.20 Å². The Kier molecular flexibility index (Phi) is 2.49. The summed E-state index contributed by atoms with van der Waals surface area (Å²) in [6, 6.07) is 0. The van der Waals surface area contributed by atoms with Crippen LogP contribution in [-0.4, -0.2) is 46.2 Å². The van der Waals surface area contributed by atoms with Crippen LogP contribution in [0, 0.1) is 6.92 Å². The highest BCUT2D eigenvalue weighted by molar-refractivity contribution is 7.89. The first-order chi connectivity index (χ1) is 8.59. The van der Waals surface area contributed by atoms with Crippen LogP contribution in [-0.2, 0) is 10.0 Å². The molecule has 0 aromatic carbocycles. The zero-order chi connectivity index (χ0) is 12.8. The van der Waals surface area contributed by atoms with Crippen LogP contribution in [0.15, 0.2) is 23.5 Å². The first kappa shape index (κ1) is 11.4. The van der Waals surface area contributed by atoms with Crippen molar-refractivity contribution in [1.29, 1.82) is 0 Å². The van der Waals surface area contributed by atoms with Gasteiger partial charge in [-0.3, -0.25) is 10.2 Å². The van der Waals surface area contributed by atoms with Crippen molar-refractivity contribution in [1.82, 2.24) is 24.7 Å². The number of aromatic nitrogens is 4. The van der Waals surface area contributed by atoms with Gasteiger partial charge in [0.05, 0.1) is 12.4 Å². The average molecular weight is 267 g/mol. The maximum absolute atomic E-state index is 12.1. The third-order valence-electron chi connectivity index (χ3n) is 3.24. The predicted molar refractivity (Wildman–Crippen MR) is 63.4 cm³/mol. The van der Waals surface area contributed by atoms with E-state index in [1.807, 2.05) is 6.92 Å². The van der Waals surface area contributed by atoms with E-state index in [0.717, 1.165) is 11.3 Å². The minimum Gasteiger partial charge on any atom is -0.284 e. The molecular weight excluding hydrogens is 254 g/mol. The van der Waals surface area contributed by atoms with E-state index in [4.69, 9.17) is 0 Å². The van der Waals surface area contributed by atoms with Crippen molar-refractivity contribution in [2.45, 2.75) is 17.7 Å². The van der Waals surface area contributed by atoms with Gasteiger partial charge in [-0.25, -0.2) is 8.42 Å². The molecular formula is C10H13N5O2S. The molecule has 1 aliphatic rings. The molecule has 0 atom stereocenters. The van der Waals surface area contributed by atoms with Gasteiger partial charge in [-0.15, -0.1) is 0 Å². The summed E-state index contributed by atoms with van der Waals surface area (Å²) in [5.74, 6) is 0.203. The van der Waals surface area contributed by atoms with Crippen molar-refractivity contribution in [2.24, 2.45) is 0 Å². The summed E-state index contributed by atoms with van der Waals surface area (Å²) < 4.78 is 25.7. The molecule has 2 aromatic rings. The highest BCUT2D eigenvalue weighted by Gasteiger charge is 2.39. The van der Waals surface area contributed by atoms with Crippen LogP contribution in [0.25, 0.3) is 0 Å². The van der Waals surface area contributed by atoms with Crippen molar-refractivity contribution < 1.29 is 8.42 Å². The highest BCUT2D eigenvalue weighted by Crippen LogP contribution is 2.31. The summed E-state index contributed by atoms with van der Waals surface area (Å²) in [5.41, 5.74) is 2.09. The van der Waals surface area contributed by atoms with Crippen LogP contribution in [0.5, 0.6) is 0 Å². The van der Waals surface area contributed by atoms with Crippen LogP contribution in [0.2, 0.25) is 0 Å². The summed E-state index contributed by atoms with van der Waals surface area (Å²) in [5, 5.41) is 13.1. The number of H-pyrrole nitrogens is 2. The van der Waals surface area contributed by atoms with Crippen LogP contribution in [0.4, 0.5) is 0 Å². The van der Waals surface area contributed by atoms with E-state index >= 15 is 0 Å². The number of nitrogens with zero attached hydrogens (tertiary/aromatic N) is 3. The van der Waals surface area contributed by atoms with Gasteiger partial charge in [0.25, 0.3) is 0 Å². The van der Waals surface area contributed by atoms with Gasteiger partial charge in [0.15, 0.2) is 0 Å². The molecule has 2 aromatic heterocycles. The van der Waals surface area contributed by atoms with Gasteiger partial charge in [0, 0.05) is 30.9 Å². The topological polar surface area (TPSA) is 94.7 Å². The van der Waals surface area contributed by atoms with Gasteiger partial charge in [0.2, 0.25) is 10.0 Å². The SMILES string of the molecule is Cc1cn[nH]c1C1CN(S(=O)(=O)c2cn[nH]c2)C1. The van der Waals surface area contributed by atoms with Gasteiger partial charge in [0.1, 0.15) is 4.90 Å². The fraction of sp³-hybridized carbons (Fsp3) is 0.400. The number of nitrogens with one attached hydrogen (secondary N) is 2. The predicted octanol–water partition coefficient (Wildman–Crippen LogP) is 0.229. The molecule has 8 heteroatoms. The number of sulfonamides is 1. The third kappa shape index (κ3) is 1.65. The molecule has 3 rings (SSSR count). The standard InChI is InChI=1S/C10H13N5O2S/c1-7-2-13-14-10(7)8-5-15(6-8)18(16,17)9-3-11-12-4-9/h2-4,8H,5-6H2,1H3,(H,11,12)(H,13,14).